The van der Waals surface area contributed by atoms with E-state index in [9.17, 15) is 14.4 Å². The molecule has 1 aromatic rings. The molecule has 1 N–H and O–H groups in total. The number of nitrogens with one attached hydrogen (secondary N) is 1. The number of carbonyl (C=O) groups is 3. The number of hydrogen-bond acceptors (Lipinski definition) is 5. The lowest BCUT2D eigenvalue weighted by atomic mass is 9.91. The van der Waals surface area contributed by atoms with Crippen molar-refractivity contribution in [3.8, 4) is 11.5 Å². The van der Waals surface area contributed by atoms with Gasteiger partial charge in [0.25, 0.3) is 5.91 Å². The van der Waals surface area contributed by atoms with Crippen LogP contribution in [0.1, 0.15) is 38.2 Å². The average molecular weight is 373 g/mol. The Morgan fingerprint density at radius 3 is 2.56 bits per heavy atom. The van der Waals surface area contributed by atoms with Crippen molar-refractivity contribution in [2.45, 2.75) is 38.1 Å². The minimum absolute atomic E-state index is 0.131. The van der Waals surface area contributed by atoms with Gasteiger partial charge in [-0.1, -0.05) is 18.9 Å². The van der Waals surface area contributed by atoms with Crippen LogP contribution in [0.5, 0.6) is 11.5 Å². The highest BCUT2D eigenvalue weighted by atomic mass is 16.7. The number of rotatable bonds is 3. The second-order valence-corrected chi connectivity index (χ2v) is 7.31. The van der Waals surface area contributed by atoms with Crippen LogP contribution in [0.4, 0.5) is 4.79 Å². The molecule has 144 valence electrons. The predicted octanol–water partition coefficient (Wildman–Crippen LogP) is 1.58. The molecule has 3 heterocycles. The molecular formula is C19H23N3O5. The molecule has 4 rings (SSSR count). The number of benzene rings is 1. The zero-order valence-electron chi connectivity index (χ0n) is 15.3. The van der Waals surface area contributed by atoms with Gasteiger partial charge >= 0.3 is 6.03 Å². The van der Waals surface area contributed by atoms with Crippen LogP contribution in [-0.4, -0.2) is 54.1 Å². The van der Waals surface area contributed by atoms with Gasteiger partial charge in [0, 0.05) is 13.1 Å². The lowest BCUT2D eigenvalue weighted by Gasteiger charge is -2.24. The summed E-state index contributed by atoms with van der Waals surface area (Å²) in [5.74, 6) is 0.520. The van der Waals surface area contributed by atoms with Gasteiger partial charge in [0.1, 0.15) is 12.1 Å². The fraction of sp³-hybridized carbons (Fsp3) is 0.526. The number of amides is 4. The van der Waals surface area contributed by atoms with Gasteiger partial charge in [0.2, 0.25) is 12.7 Å². The standard InChI is InChI=1S/C19H23N3O5/c1-19(13-6-7-14-15(10-13)27-12-26-14)17(24)22(18(25)20-19)11-16(23)21-8-4-2-3-5-9-21/h6-7,10H,2-5,8-9,11-12H2,1H3,(H,20,25)/t19-/m0/s1. The average Bonchev–Trinajstić information content (AvgIpc) is 3.07. The Balaban J connectivity index is 1.52. The highest BCUT2D eigenvalue weighted by molar-refractivity contribution is 6.09. The van der Waals surface area contributed by atoms with Gasteiger partial charge in [-0.05, 0) is 37.5 Å². The summed E-state index contributed by atoms with van der Waals surface area (Å²) in [6.45, 7) is 2.90. The fourth-order valence-electron chi connectivity index (χ4n) is 3.80. The van der Waals surface area contributed by atoms with Crippen LogP contribution >= 0.6 is 0 Å². The van der Waals surface area contributed by atoms with Gasteiger partial charge < -0.3 is 19.7 Å². The second-order valence-electron chi connectivity index (χ2n) is 7.31. The molecule has 0 saturated carbocycles. The first-order valence-corrected chi connectivity index (χ1v) is 9.31. The Bertz CT molecular complexity index is 788. The Morgan fingerprint density at radius 2 is 1.81 bits per heavy atom. The van der Waals surface area contributed by atoms with Crippen molar-refractivity contribution in [1.29, 1.82) is 0 Å². The zero-order valence-corrected chi connectivity index (χ0v) is 15.3. The van der Waals surface area contributed by atoms with E-state index in [1.807, 2.05) is 0 Å². The molecular weight excluding hydrogens is 350 g/mol. The van der Waals surface area contributed by atoms with Crippen LogP contribution in [0, 0.1) is 0 Å². The van der Waals surface area contributed by atoms with Gasteiger partial charge in [-0.2, -0.15) is 0 Å². The molecule has 8 nitrogen and oxygen atoms in total. The first kappa shape index (κ1) is 17.6. The molecule has 0 bridgehead atoms. The fourth-order valence-corrected chi connectivity index (χ4v) is 3.80. The first-order chi connectivity index (χ1) is 13.0. The Morgan fingerprint density at radius 1 is 1.11 bits per heavy atom. The number of hydrogen-bond donors (Lipinski definition) is 1. The SMILES string of the molecule is C[C@@]1(c2ccc3c(c2)OCO3)NC(=O)N(CC(=O)N2CCCCCC2)C1=O. The van der Waals surface area contributed by atoms with Crippen molar-refractivity contribution in [1.82, 2.24) is 15.1 Å². The number of urea groups is 1. The van der Waals surface area contributed by atoms with Crippen molar-refractivity contribution in [3.63, 3.8) is 0 Å². The largest absolute Gasteiger partial charge is 0.454 e. The van der Waals surface area contributed by atoms with E-state index in [-0.39, 0.29) is 19.2 Å². The van der Waals surface area contributed by atoms with Gasteiger partial charge in [-0.15, -0.1) is 0 Å². The lowest BCUT2D eigenvalue weighted by Crippen LogP contribution is -2.44. The number of fused-ring (bicyclic) bond motifs is 1. The minimum atomic E-state index is -1.24. The summed E-state index contributed by atoms with van der Waals surface area (Å²) < 4.78 is 10.7. The first-order valence-electron chi connectivity index (χ1n) is 9.31. The lowest BCUT2D eigenvalue weighted by molar-refractivity contribution is -0.138. The van der Waals surface area contributed by atoms with Crippen LogP contribution < -0.4 is 14.8 Å². The number of nitrogens with zero attached hydrogens (tertiary/aromatic N) is 2. The van der Waals surface area contributed by atoms with E-state index in [1.165, 1.54) is 0 Å². The predicted molar refractivity (Wildman–Crippen MR) is 95.2 cm³/mol. The molecule has 0 spiro atoms. The van der Waals surface area contributed by atoms with Crippen LogP contribution in [0.15, 0.2) is 18.2 Å². The summed E-state index contributed by atoms with van der Waals surface area (Å²) in [7, 11) is 0. The van der Waals surface area contributed by atoms with Crippen molar-refractivity contribution in [2.75, 3.05) is 26.4 Å². The summed E-state index contributed by atoms with van der Waals surface area (Å²) in [5.41, 5.74) is -0.647. The molecule has 0 aromatic heterocycles. The van der Waals surface area contributed by atoms with E-state index in [1.54, 1.807) is 30.0 Å². The van der Waals surface area contributed by atoms with E-state index in [4.69, 9.17) is 9.47 Å². The molecule has 0 unspecified atom stereocenters. The smallest absolute Gasteiger partial charge is 0.325 e. The van der Waals surface area contributed by atoms with Crippen molar-refractivity contribution in [3.05, 3.63) is 23.8 Å². The molecule has 2 saturated heterocycles. The molecule has 1 aromatic carbocycles. The van der Waals surface area contributed by atoms with Gasteiger partial charge in [0.05, 0.1) is 0 Å². The van der Waals surface area contributed by atoms with Crippen molar-refractivity contribution < 1.29 is 23.9 Å². The normalized spacial score (nSPS) is 24.8. The monoisotopic (exact) mass is 373 g/mol. The topological polar surface area (TPSA) is 88.2 Å². The highest BCUT2D eigenvalue weighted by Gasteiger charge is 2.50. The molecule has 1 atom stereocenters. The summed E-state index contributed by atoms with van der Waals surface area (Å²) in [6.07, 6.45) is 4.13. The molecule has 2 fully saturated rings. The maximum absolute atomic E-state index is 13.0. The Hall–Kier alpha value is -2.77. The van der Waals surface area contributed by atoms with E-state index in [0.717, 1.165) is 30.6 Å². The second kappa shape index (κ2) is 6.75. The molecule has 3 aliphatic heterocycles. The van der Waals surface area contributed by atoms with Crippen LogP contribution in [0.25, 0.3) is 0 Å². The van der Waals surface area contributed by atoms with Crippen molar-refractivity contribution in [2.24, 2.45) is 0 Å². The molecule has 0 radical (unpaired) electrons. The van der Waals surface area contributed by atoms with Crippen LogP contribution in [-0.2, 0) is 15.1 Å². The molecule has 8 heteroatoms. The van der Waals surface area contributed by atoms with Gasteiger partial charge in [0.15, 0.2) is 11.5 Å². The highest BCUT2D eigenvalue weighted by Crippen LogP contribution is 2.37. The minimum Gasteiger partial charge on any atom is -0.454 e. The molecule has 0 aliphatic carbocycles. The maximum Gasteiger partial charge on any atom is 0.325 e. The summed E-state index contributed by atoms with van der Waals surface area (Å²) in [5, 5.41) is 2.73. The quantitative estimate of drug-likeness (QED) is 0.813. The van der Waals surface area contributed by atoms with Crippen LogP contribution in [0.3, 0.4) is 0 Å². The summed E-state index contributed by atoms with van der Waals surface area (Å²) in [4.78, 5) is 40.9. The van der Waals surface area contributed by atoms with E-state index < -0.39 is 17.5 Å². The van der Waals surface area contributed by atoms with Crippen LogP contribution in [0.2, 0.25) is 0 Å². The summed E-state index contributed by atoms with van der Waals surface area (Å²) in [6, 6.07) is 4.59. The Kier molecular flexibility index (Phi) is 4.41. The van der Waals surface area contributed by atoms with E-state index >= 15 is 0 Å². The number of imide groups is 1. The van der Waals surface area contributed by atoms with Gasteiger partial charge in [-0.3, -0.25) is 14.5 Å². The third-order valence-corrected chi connectivity index (χ3v) is 5.48. The number of carbonyl (C=O) groups excluding carboxylic acids is 3. The maximum atomic E-state index is 13.0. The third-order valence-electron chi connectivity index (χ3n) is 5.48. The number of ether oxygens (including phenoxy) is 2. The zero-order chi connectivity index (χ0) is 19.0. The molecule has 27 heavy (non-hydrogen) atoms. The summed E-state index contributed by atoms with van der Waals surface area (Å²) >= 11 is 0. The third kappa shape index (κ3) is 3.09. The van der Waals surface area contributed by atoms with E-state index in [2.05, 4.69) is 5.32 Å². The molecule has 4 amide bonds. The Labute approximate surface area is 157 Å². The molecule has 3 aliphatic rings. The van der Waals surface area contributed by atoms with E-state index in [0.29, 0.717) is 30.2 Å². The van der Waals surface area contributed by atoms with Crippen molar-refractivity contribution >= 4 is 17.8 Å². The number of likely N-dealkylation sites (tertiary alicyclic amines) is 1. The van der Waals surface area contributed by atoms with Gasteiger partial charge in [-0.25, -0.2) is 4.79 Å².